The molecule has 1 amide bonds. The number of aromatic nitrogens is 2. The van der Waals surface area contributed by atoms with Crippen LogP contribution in [-0.2, 0) is 4.79 Å². The molecule has 156 valence electrons. The van der Waals surface area contributed by atoms with Crippen LogP contribution in [0.5, 0.6) is 5.75 Å². The summed E-state index contributed by atoms with van der Waals surface area (Å²) < 4.78 is 14.8. The summed E-state index contributed by atoms with van der Waals surface area (Å²) in [5.74, 6) is 0.558. The van der Waals surface area contributed by atoms with E-state index < -0.39 is 6.17 Å². The number of hydrogen-bond donors (Lipinski definition) is 3. The number of phenolic OH excluding ortho intramolecular Hbond substituents is 1. The number of hydrogen-bond acceptors (Lipinski definition) is 6. The predicted octanol–water partition coefficient (Wildman–Crippen LogP) is 2.03. The van der Waals surface area contributed by atoms with E-state index in [-0.39, 0.29) is 23.7 Å². The van der Waals surface area contributed by atoms with Gasteiger partial charge in [-0.3, -0.25) is 9.78 Å². The van der Waals surface area contributed by atoms with E-state index in [1.165, 1.54) is 6.08 Å². The summed E-state index contributed by atoms with van der Waals surface area (Å²) in [6.07, 6.45) is 6.49. The largest absolute Gasteiger partial charge is 0.507 e. The highest BCUT2D eigenvalue weighted by molar-refractivity contribution is 6.00. The van der Waals surface area contributed by atoms with Crippen LogP contribution < -0.4 is 15.5 Å². The maximum absolute atomic E-state index is 14.8. The van der Waals surface area contributed by atoms with Crippen LogP contribution in [-0.4, -0.2) is 58.9 Å². The zero-order valence-corrected chi connectivity index (χ0v) is 16.7. The number of carbonyl (C=O) groups is 1. The van der Waals surface area contributed by atoms with Gasteiger partial charge in [-0.2, -0.15) is 0 Å². The molecule has 2 saturated heterocycles. The lowest BCUT2D eigenvalue weighted by Crippen LogP contribution is -2.55. The molecule has 30 heavy (non-hydrogen) atoms. The third-order valence-corrected chi connectivity index (χ3v) is 6.45. The molecule has 5 rings (SSSR count). The maximum atomic E-state index is 14.8. The molecule has 1 aromatic carbocycles. The van der Waals surface area contributed by atoms with Crippen molar-refractivity contribution < 1.29 is 14.3 Å². The van der Waals surface area contributed by atoms with Crippen LogP contribution in [0.4, 0.5) is 10.2 Å². The highest BCUT2D eigenvalue weighted by Gasteiger charge is 2.43. The first-order chi connectivity index (χ1) is 14.5. The molecule has 3 N–H and O–H groups in total. The lowest BCUT2D eigenvalue weighted by atomic mass is 9.96. The van der Waals surface area contributed by atoms with Crippen LogP contribution in [0, 0.1) is 0 Å². The first kappa shape index (κ1) is 19.0. The number of piperidine rings is 1. The monoisotopic (exact) mass is 409 g/mol. The summed E-state index contributed by atoms with van der Waals surface area (Å²) in [6.45, 7) is 0.451. The van der Waals surface area contributed by atoms with E-state index in [2.05, 4.69) is 20.6 Å². The van der Waals surface area contributed by atoms with Crippen molar-refractivity contribution in [2.45, 2.75) is 43.6 Å². The Morgan fingerprint density at radius 3 is 2.80 bits per heavy atom. The standard InChI is InChI=1S/C22H24FN5O2/c1-28(18-8-14-3-5-16(27-14)22(18)23)20-11-24-17(10-25-20)15-4-2-12(6-19(15)29)13-7-21(30)26-9-13/h2,4,6-7,10-11,14,16,18,22,27,29H,3,5,8-9H2,1H3,(H,26,30)/t14?,16?,18-,22+/m1/s1. The Morgan fingerprint density at radius 2 is 2.10 bits per heavy atom. The summed E-state index contributed by atoms with van der Waals surface area (Å²) in [5.41, 5.74) is 2.71. The van der Waals surface area contributed by atoms with E-state index in [9.17, 15) is 14.3 Å². The molecule has 1 aromatic heterocycles. The van der Waals surface area contributed by atoms with E-state index >= 15 is 0 Å². The Kier molecular flexibility index (Phi) is 4.66. The summed E-state index contributed by atoms with van der Waals surface area (Å²) in [5, 5.41) is 16.6. The number of aromatic hydroxyl groups is 1. The van der Waals surface area contributed by atoms with Gasteiger partial charge in [0.2, 0.25) is 5.91 Å². The van der Waals surface area contributed by atoms with Gasteiger partial charge in [-0.25, -0.2) is 9.37 Å². The van der Waals surface area contributed by atoms with Gasteiger partial charge < -0.3 is 20.6 Å². The second-order valence-electron chi connectivity index (χ2n) is 8.28. The molecule has 2 fully saturated rings. The Morgan fingerprint density at radius 1 is 1.23 bits per heavy atom. The minimum absolute atomic E-state index is 0.0700. The van der Waals surface area contributed by atoms with Gasteiger partial charge in [0.1, 0.15) is 17.7 Å². The molecular weight excluding hydrogens is 385 g/mol. The van der Waals surface area contributed by atoms with E-state index in [0.717, 1.165) is 30.4 Å². The third kappa shape index (κ3) is 3.31. The molecule has 4 atom stereocenters. The number of nitrogens with zero attached hydrogens (tertiary/aromatic N) is 3. The zero-order chi connectivity index (χ0) is 20.8. The molecule has 0 radical (unpaired) electrons. The number of nitrogens with one attached hydrogen (secondary N) is 2. The van der Waals surface area contributed by atoms with E-state index in [1.54, 1.807) is 24.5 Å². The van der Waals surface area contributed by atoms with Gasteiger partial charge in [-0.15, -0.1) is 0 Å². The number of phenols is 1. The normalized spacial score (nSPS) is 27.7. The van der Waals surface area contributed by atoms with Crippen molar-refractivity contribution in [1.82, 2.24) is 20.6 Å². The van der Waals surface area contributed by atoms with Crippen molar-refractivity contribution in [3.8, 4) is 17.0 Å². The minimum atomic E-state index is -0.932. The Hall–Kier alpha value is -3.00. The molecule has 4 heterocycles. The molecule has 0 spiro atoms. The van der Waals surface area contributed by atoms with Crippen molar-refractivity contribution in [2.75, 3.05) is 18.5 Å². The number of amides is 1. The lowest BCUT2D eigenvalue weighted by molar-refractivity contribution is -0.115. The summed E-state index contributed by atoms with van der Waals surface area (Å²) >= 11 is 0. The summed E-state index contributed by atoms with van der Waals surface area (Å²) in [4.78, 5) is 22.2. The molecule has 2 aromatic rings. The van der Waals surface area contributed by atoms with E-state index in [4.69, 9.17) is 0 Å². The number of fused-ring (bicyclic) bond motifs is 2. The second kappa shape index (κ2) is 7.36. The maximum Gasteiger partial charge on any atom is 0.244 e. The lowest BCUT2D eigenvalue weighted by Gasteiger charge is -2.38. The topological polar surface area (TPSA) is 90.4 Å². The number of anilines is 1. The molecule has 0 saturated carbocycles. The number of carbonyl (C=O) groups excluding carboxylic acids is 1. The molecule has 2 bridgehead atoms. The molecule has 0 aliphatic carbocycles. The van der Waals surface area contributed by atoms with Crippen LogP contribution in [0.3, 0.4) is 0 Å². The average molecular weight is 409 g/mol. The number of alkyl halides is 1. The third-order valence-electron chi connectivity index (χ3n) is 6.45. The zero-order valence-electron chi connectivity index (χ0n) is 16.7. The van der Waals surface area contributed by atoms with Gasteiger partial charge in [0.25, 0.3) is 0 Å². The fourth-order valence-corrected chi connectivity index (χ4v) is 4.74. The van der Waals surface area contributed by atoms with Crippen LogP contribution in [0.25, 0.3) is 16.8 Å². The average Bonchev–Trinajstić information content (AvgIpc) is 3.37. The van der Waals surface area contributed by atoms with E-state index in [1.807, 2.05) is 18.0 Å². The Bertz CT molecular complexity index is 1010. The van der Waals surface area contributed by atoms with Crippen molar-refractivity contribution in [1.29, 1.82) is 0 Å². The number of rotatable bonds is 4. The smallest absolute Gasteiger partial charge is 0.244 e. The SMILES string of the molecule is CN(c1cnc(-c2ccc(C3=CC(=O)NC3)cc2O)cn1)[C@@H]1CC2CCC(N2)[C@@H]1F. The Balaban J connectivity index is 1.35. The van der Waals surface area contributed by atoms with Gasteiger partial charge in [0, 0.05) is 37.3 Å². The predicted molar refractivity (Wildman–Crippen MR) is 112 cm³/mol. The molecule has 3 aliphatic rings. The van der Waals surface area contributed by atoms with Crippen LogP contribution >= 0.6 is 0 Å². The van der Waals surface area contributed by atoms with E-state index in [0.29, 0.717) is 29.7 Å². The Labute approximate surface area is 174 Å². The fraction of sp³-hybridized carbons (Fsp3) is 0.409. The number of benzene rings is 1. The molecule has 7 nitrogen and oxygen atoms in total. The number of halogens is 1. The molecule has 3 aliphatic heterocycles. The summed E-state index contributed by atoms with van der Waals surface area (Å²) in [6, 6.07) is 5.33. The fourth-order valence-electron chi connectivity index (χ4n) is 4.74. The molecule has 8 heteroatoms. The van der Waals surface area contributed by atoms with Crippen LogP contribution in [0.15, 0.2) is 36.7 Å². The van der Waals surface area contributed by atoms with Gasteiger partial charge >= 0.3 is 0 Å². The highest BCUT2D eigenvalue weighted by atomic mass is 19.1. The van der Waals surface area contributed by atoms with Gasteiger partial charge in [0.05, 0.1) is 24.1 Å². The first-order valence-corrected chi connectivity index (χ1v) is 10.3. The summed E-state index contributed by atoms with van der Waals surface area (Å²) in [7, 11) is 1.86. The van der Waals surface area contributed by atoms with Gasteiger partial charge in [0.15, 0.2) is 0 Å². The van der Waals surface area contributed by atoms with Crippen LogP contribution in [0.1, 0.15) is 24.8 Å². The molecule has 2 unspecified atom stereocenters. The minimum Gasteiger partial charge on any atom is -0.507 e. The second-order valence-corrected chi connectivity index (χ2v) is 8.28. The first-order valence-electron chi connectivity index (χ1n) is 10.3. The van der Waals surface area contributed by atoms with Gasteiger partial charge in [-0.05, 0) is 42.5 Å². The van der Waals surface area contributed by atoms with Crippen molar-refractivity contribution >= 4 is 17.3 Å². The van der Waals surface area contributed by atoms with Crippen LogP contribution in [0.2, 0.25) is 0 Å². The van der Waals surface area contributed by atoms with Gasteiger partial charge in [-0.1, -0.05) is 6.07 Å². The van der Waals surface area contributed by atoms with Crippen molar-refractivity contribution in [3.63, 3.8) is 0 Å². The quantitative estimate of drug-likeness (QED) is 0.716. The van der Waals surface area contributed by atoms with Crippen molar-refractivity contribution in [2.24, 2.45) is 0 Å². The van der Waals surface area contributed by atoms with Crippen molar-refractivity contribution in [3.05, 3.63) is 42.2 Å². The molecular formula is C22H24FN5O2. The highest BCUT2D eigenvalue weighted by Crippen LogP contribution is 2.34.